The molecule has 1 aromatic rings. The second-order valence-corrected chi connectivity index (χ2v) is 3.55. The molecular formula is C12H14F3NO. The molecule has 0 amide bonds. The molecule has 94 valence electrons. The first-order chi connectivity index (χ1) is 7.90. The number of benzene rings is 1. The molecule has 5 heteroatoms. The average Bonchev–Trinajstić information content (AvgIpc) is 2.25. The van der Waals surface area contributed by atoms with E-state index in [1.54, 1.807) is 12.1 Å². The van der Waals surface area contributed by atoms with Crippen LogP contribution in [0.5, 0.6) is 5.75 Å². The lowest BCUT2D eigenvalue weighted by molar-refractivity contribution is -0.274. The maximum absolute atomic E-state index is 11.9. The first-order valence-electron chi connectivity index (χ1n) is 5.12. The maximum atomic E-state index is 11.9. The van der Waals surface area contributed by atoms with Crippen molar-refractivity contribution in [1.29, 1.82) is 0 Å². The number of alkyl halides is 3. The molecule has 17 heavy (non-hydrogen) atoms. The van der Waals surface area contributed by atoms with Gasteiger partial charge in [-0.15, -0.1) is 13.2 Å². The molecular weight excluding hydrogens is 231 g/mol. The maximum Gasteiger partial charge on any atom is 0.573 e. The summed E-state index contributed by atoms with van der Waals surface area (Å²) in [7, 11) is 1.83. The lowest BCUT2D eigenvalue weighted by Crippen LogP contribution is -2.17. The molecule has 1 rings (SSSR count). The molecule has 0 radical (unpaired) electrons. The van der Waals surface area contributed by atoms with Gasteiger partial charge in [0.2, 0.25) is 0 Å². The van der Waals surface area contributed by atoms with Gasteiger partial charge in [0, 0.05) is 6.04 Å². The molecule has 0 aromatic heterocycles. The van der Waals surface area contributed by atoms with Gasteiger partial charge in [-0.05, 0) is 31.7 Å². The zero-order chi connectivity index (χ0) is 12.9. The van der Waals surface area contributed by atoms with E-state index >= 15 is 0 Å². The standard InChI is InChI=1S/C12H14F3NO/c1-9(16-2)3-4-10-5-7-11(8-6-10)17-12(13,14)15/h3-9,16H,1-2H3/b4-3+/t9-/m0/s1. The van der Waals surface area contributed by atoms with Crippen LogP contribution in [0.25, 0.3) is 6.08 Å². The lowest BCUT2D eigenvalue weighted by Gasteiger charge is -2.08. The van der Waals surface area contributed by atoms with E-state index in [1.807, 2.05) is 26.1 Å². The van der Waals surface area contributed by atoms with E-state index in [4.69, 9.17) is 0 Å². The van der Waals surface area contributed by atoms with E-state index in [9.17, 15) is 13.2 Å². The Morgan fingerprint density at radius 3 is 2.29 bits per heavy atom. The molecule has 0 aliphatic rings. The summed E-state index contributed by atoms with van der Waals surface area (Å²) in [5.41, 5.74) is 0.821. The van der Waals surface area contributed by atoms with Crippen LogP contribution in [0.2, 0.25) is 0 Å². The summed E-state index contributed by atoms with van der Waals surface area (Å²) < 4.78 is 39.5. The summed E-state index contributed by atoms with van der Waals surface area (Å²) in [6.45, 7) is 1.97. The predicted octanol–water partition coefficient (Wildman–Crippen LogP) is 3.21. The Balaban J connectivity index is 2.65. The number of hydrogen-bond donors (Lipinski definition) is 1. The van der Waals surface area contributed by atoms with Crippen LogP contribution in [0.3, 0.4) is 0 Å². The predicted molar refractivity (Wildman–Crippen MR) is 60.7 cm³/mol. The van der Waals surface area contributed by atoms with Gasteiger partial charge in [0.25, 0.3) is 0 Å². The van der Waals surface area contributed by atoms with Crippen LogP contribution in [0, 0.1) is 0 Å². The van der Waals surface area contributed by atoms with Crippen molar-refractivity contribution in [3.63, 3.8) is 0 Å². The summed E-state index contributed by atoms with van der Waals surface area (Å²) in [5, 5.41) is 3.02. The fourth-order valence-electron chi connectivity index (χ4n) is 1.13. The highest BCUT2D eigenvalue weighted by Gasteiger charge is 2.30. The number of halogens is 3. The highest BCUT2D eigenvalue weighted by Crippen LogP contribution is 2.22. The fraction of sp³-hybridized carbons (Fsp3) is 0.333. The van der Waals surface area contributed by atoms with Gasteiger partial charge in [0.05, 0.1) is 0 Å². The third-order valence-electron chi connectivity index (χ3n) is 2.15. The quantitative estimate of drug-likeness (QED) is 0.879. The fourth-order valence-corrected chi connectivity index (χ4v) is 1.13. The summed E-state index contributed by atoms with van der Waals surface area (Å²) >= 11 is 0. The second kappa shape index (κ2) is 5.72. The van der Waals surface area contributed by atoms with E-state index in [0.29, 0.717) is 0 Å². The van der Waals surface area contributed by atoms with E-state index in [1.165, 1.54) is 12.1 Å². The van der Waals surface area contributed by atoms with Crippen molar-refractivity contribution in [2.45, 2.75) is 19.3 Å². The molecule has 0 spiro atoms. The van der Waals surface area contributed by atoms with E-state index in [-0.39, 0.29) is 11.8 Å². The topological polar surface area (TPSA) is 21.3 Å². The molecule has 0 heterocycles. The Labute approximate surface area is 98.1 Å². The SMILES string of the molecule is CN[C@@H](C)/C=C/c1ccc(OC(F)(F)F)cc1. The molecule has 0 unspecified atom stereocenters. The second-order valence-electron chi connectivity index (χ2n) is 3.55. The van der Waals surface area contributed by atoms with Crippen LogP contribution in [0.4, 0.5) is 13.2 Å². The molecule has 0 saturated carbocycles. The van der Waals surface area contributed by atoms with Crippen molar-refractivity contribution in [1.82, 2.24) is 5.32 Å². The van der Waals surface area contributed by atoms with Crippen LogP contribution < -0.4 is 10.1 Å². The summed E-state index contributed by atoms with van der Waals surface area (Å²) in [5.74, 6) is -0.212. The molecule has 0 aliphatic carbocycles. The Kier molecular flexibility index (Phi) is 4.57. The Morgan fingerprint density at radius 1 is 1.24 bits per heavy atom. The molecule has 0 fully saturated rings. The van der Waals surface area contributed by atoms with Crippen molar-refractivity contribution in [2.75, 3.05) is 7.05 Å². The Bertz CT molecular complexity index is 370. The number of likely N-dealkylation sites (N-methyl/N-ethyl adjacent to an activating group) is 1. The highest BCUT2D eigenvalue weighted by atomic mass is 19.4. The Morgan fingerprint density at radius 2 is 1.82 bits per heavy atom. The highest BCUT2D eigenvalue weighted by molar-refractivity contribution is 5.51. The number of ether oxygens (including phenoxy) is 1. The van der Waals surface area contributed by atoms with Gasteiger partial charge < -0.3 is 10.1 Å². The number of nitrogens with one attached hydrogen (secondary N) is 1. The van der Waals surface area contributed by atoms with Gasteiger partial charge in [-0.1, -0.05) is 24.3 Å². The van der Waals surface area contributed by atoms with Crippen molar-refractivity contribution < 1.29 is 17.9 Å². The third kappa shape index (κ3) is 5.40. The van der Waals surface area contributed by atoms with Crippen LogP contribution in [-0.4, -0.2) is 19.5 Å². The summed E-state index contributed by atoms with van der Waals surface area (Å²) in [6, 6.07) is 5.93. The largest absolute Gasteiger partial charge is 0.573 e. The van der Waals surface area contributed by atoms with Crippen LogP contribution in [-0.2, 0) is 0 Å². The minimum Gasteiger partial charge on any atom is -0.406 e. The van der Waals surface area contributed by atoms with Crippen LogP contribution in [0.15, 0.2) is 30.3 Å². The average molecular weight is 245 g/mol. The first-order valence-corrected chi connectivity index (χ1v) is 5.12. The van der Waals surface area contributed by atoms with Crippen molar-refractivity contribution >= 4 is 6.08 Å². The van der Waals surface area contributed by atoms with Crippen molar-refractivity contribution in [3.8, 4) is 5.75 Å². The number of rotatable bonds is 4. The molecule has 1 N–H and O–H groups in total. The van der Waals surface area contributed by atoms with Crippen molar-refractivity contribution in [3.05, 3.63) is 35.9 Å². The normalized spacial score (nSPS) is 13.9. The smallest absolute Gasteiger partial charge is 0.406 e. The monoisotopic (exact) mass is 245 g/mol. The van der Waals surface area contributed by atoms with Crippen LogP contribution >= 0.6 is 0 Å². The molecule has 0 saturated heterocycles. The minimum atomic E-state index is -4.64. The van der Waals surface area contributed by atoms with Gasteiger partial charge >= 0.3 is 6.36 Å². The minimum absolute atomic E-state index is 0.209. The molecule has 0 bridgehead atoms. The van der Waals surface area contributed by atoms with E-state index in [2.05, 4.69) is 10.1 Å². The third-order valence-corrected chi connectivity index (χ3v) is 2.15. The summed E-state index contributed by atoms with van der Waals surface area (Å²) in [6.07, 6.45) is -0.893. The zero-order valence-electron chi connectivity index (χ0n) is 9.58. The van der Waals surface area contributed by atoms with Gasteiger partial charge in [-0.2, -0.15) is 0 Å². The molecule has 1 aromatic carbocycles. The molecule has 0 aliphatic heterocycles. The zero-order valence-corrected chi connectivity index (χ0v) is 9.58. The molecule has 2 nitrogen and oxygen atoms in total. The first kappa shape index (κ1) is 13.6. The summed E-state index contributed by atoms with van der Waals surface area (Å²) in [4.78, 5) is 0. The van der Waals surface area contributed by atoms with E-state index in [0.717, 1.165) is 5.56 Å². The van der Waals surface area contributed by atoms with Crippen LogP contribution in [0.1, 0.15) is 12.5 Å². The van der Waals surface area contributed by atoms with Gasteiger partial charge in [-0.3, -0.25) is 0 Å². The van der Waals surface area contributed by atoms with Gasteiger partial charge in [0.15, 0.2) is 0 Å². The van der Waals surface area contributed by atoms with Gasteiger partial charge in [-0.25, -0.2) is 0 Å². The van der Waals surface area contributed by atoms with E-state index < -0.39 is 6.36 Å². The molecule has 1 atom stereocenters. The Hall–Kier alpha value is -1.49. The lowest BCUT2D eigenvalue weighted by atomic mass is 10.2. The van der Waals surface area contributed by atoms with Gasteiger partial charge in [0.1, 0.15) is 5.75 Å². The number of hydrogen-bond acceptors (Lipinski definition) is 2. The van der Waals surface area contributed by atoms with Crippen molar-refractivity contribution in [2.24, 2.45) is 0 Å².